The van der Waals surface area contributed by atoms with Crippen molar-refractivity contribution in [2.75, 3.05) is 13.7 Å². The molecule has 3 nitrogen and oxygen atoms in total. The average molecular weight is 236 g/mol. The maximum Gasteiger partial charge on any atom is 0.247 e. The first-order valence-electron chi connectivity index (χ1n) is 3.68. The Morgan fingerprint density at radius 3 is 2.75 bits per heavy atom. The number of methoxy groups -OCH3 is 1. The third kappa shape index (κ3) is 4.51. The number of carbonyl (C=O) groups excluding carboxylic acids is 1. The van der Waals surface area contributed by atoms with Crippen LogP contribution in [0, 0.1) is 0 Å². The lowest BCUT2D eigenvalue weighted by atomic mass is 10.3. The molecular formula is C8H14BrNO2. The van der Waals surface area contributed by atoms with Gasteiger partial charge in [-0.3, -0.25) is 4.79 Å². The highest BCUT2D eigenvalue weighted by atomic mass is 79.9. The predicted octanol–water partition coefficient (Wildman–Crippen LogP) is 1.44. The van der Waals surface area contributed by atoms with Crippen LogP contribution in [0.3, 0.4) is 0 Å². The monoisotopic (exact) mass is 235 g/mol. The molecule has 0 radical (unpaired) electrons. The predicted molar refractivity (Wildman–Crippen MR) is 52.2 cm³/mol. The van der Waals surface area contributed by atoms with Crippen LogP contribution in [-0.2, 0) is 9.53 Å². The molecule has 0 saturated heterocycles. The number of hydrogen-bond donors (Lipinski definition) is 1. The van der Waals surface area contributed by atoms with Crippen molar-refractivity contribution in [2.24, 2.45) is 0 Å². The SMILES string of the molecule is COC[C@H](C)NC(=O)/C(C)=C/Br. The Hall–Kier alpha value is -0.350. The second kappa shape index (κ2) is 6.20. The summed E-state index contributed by atoms with van der Waals surface area (Å²) in [7, 11) is 1.61. The van der Waals surface area contributed by atoms with E-state index in [4.69, 9.17) is 4.74 Å². The van der Waals surface area contributed by atoms with Crippen LogP contribution in [0.5, 0.6) is 0 Å². The van der Waals surface area contributed by atoms with Gasteiger partial charge in [-0.05, 0) is 18.8 Å². The van der Waals surface area contributed by atoms with E-state index in [1.54, 1.807) is 19.0 Å². The van der Waals surface area contributed by atoms with Gasteiger partial charge < -0.3 is 10.1 Å². The number of ether oxygens (including phenoxy) is 1. The first-order chi connectivity index (χ1) is 5.61. The van der Waals surface area contributed by atoms with Gasteiger partial charge in [-0.25, -0.2) is 0 Å². The van der Waals surface area contributed by atoms with Crippen LogP contribution >= 0.6 is 15.9 Å². The topological polar surface area (TPSA) is 38.3 Å². The van der Waals surface area contributed by atoms with E-state index in [2.05, 4.69) is 21.2 Å². The quantitative estimate of drug-likeness (QED) is 0.750. The van der Waals surface area contributed by atoms with E-state index >= 15 is 0 Å². The fraction of sp³-hybridized carbons (Fsp3) is 0.625. The Labute approximate surface area is 81.3 Å². The summed E-state index contributed by atoms with van der Waals surface area (Å²) in [6.45, 7) is 4.16. The van der Waals surface area contributed by atoms with Gasteiger partial charge in [0.2, 0.25) is 5.91 Å². The van der Waals surface area contributed by atoms with Gasteiger partial charge >= 0.3 is 0 Å². The van der Waals surface area contributed by atoms with Gasteiger partial charge in [0.1, 0.15) is 0 Å². The molecular weight excluding hydrogens is 222 g/mol. The van der Waals surface area contributed by atoms with Crippen LogP contribution in [0.15, 0.2) is 10.6 Å². The Kier molecular flexibility index (Phi) is 6.02. The van der Waals surface area contributed by atoms with Gasteiger partial charge in [0, 0.05) is 18.7 Å². The third-order valence-corrected chi connectivity index (χ3v) is 2.00. The fourth-order valence-corrected chi connectivity index (χ4v) is 0.887. The Balaban J connectivity index is 3.84. The molecule has 0 saturated carbocycles. The van der Waals surface area contributed by atoms with E-state index in [1.807, 2.05) is 6.92 Å². The highest BCUT2D eigenvalue weighted by Gasteiger charge is 2.07. The van der Waals surface area contributed by atoms with Gasteiger partial charge in [-0.15, -0.1) is 0 Å². The zero-order valence-corrected chi connectivity index (χ0v) is 9.14. The highest BCUT2D eigenvalue weighted by molar-refractivity contribution is 9.11. The summed E-state index contributed by atoms with van der Waals surface area (Å²) in [6, 6.07) is 0.0462. The summed E-state index contributed by atoms with van der Waals surface area (Å²) in [5.74, 6) is -0.0728. The molecule has 0 aromatic rings. The zero-order chi connectivity index (χ0) is 9.56. The Morgan fingerprint density at radius 1 is 1.75 bits per heavy atom. The maximum absolute atomic E-state index is 11.2. The van der Waals surface area contributed by atoms with E-state index in [1.165, 1.54) is 0 Å². The number of halogens is 1. The van der Waals surface area contributed by atoms with Crippen LogP contribution < -0.4 is 5.32 Å². The molecule has 0 aliphatic rings. The molecule has 0 spiro atoms. The normalized spacial score (nSPS) is 14.2. The third-order valence-electron chi connectivity index (χ3n) is 1.32. The van der Waals surface area contributed by atoms with Gasteiger partial charge in [0.05, 0.1) is 6.61 Å². The van der Waals surface area contributed by atoms with Crippen LogP contribution in [0.4, 0.5) is 0 Å². The van der Waals surface area contributed by atoms with Gasteiger partial charge in [0.15, 0.2) is 0 Å². The van der Waals surface area contributed by atoms with Crippen molar-refractivity contribution in [3.8, 4) is 0 Å². The van der Waals surface area contributed by atoms with Crippen molar-refractivity contribution in [2.45, 2.75) is 19.9 Å². The van der Waals surface area contributed by atoms with E-state index in [0.717, 1.165) is 0 Å². The molecule has 0 bridgehead atoms. The first kappa shape index (κ1) is 11.6. The standard InChI is InChI=1S/C8H14BrNO2/c1-6(4-9)8(11)10-7(2)5-12-3/h4,7H,5H2,1-3H3,(H,10,11)/b6-4+/t7-/m0/s1. The van der Waals surface area contributed by atoms with E-state index < -0.39 is 0 Å². The van der Waals surface area contributed by atoms with E-state index in [0.29, 0.717) is 12.2 Å². The minimum Gasteiger partial charge on any atom is -0.383 e. The minimum atomic E-state index is -0.0728. The van der Waals surface area contributed by atoms with Crippen LogP contribution in [0.1, 0.15) is 13.8 Å². The smallest absolute Gasteiger partial charge is 0.247 e. The second-order valence-electron chi connectivity index (χ2n) is 2.62. The summed E-state index contributed by atoms with van der Waals surface area (Å²) >= 11 is 3.09. The summed E-state index contributed by atoms with van der Waals surface area (Å²) < 4.78 is 4.87. The molecule has 0 aromatic heterocycles. The molecule has 0 unspecified atom stereocenters. The zero-order valence-electron chi connectivity index (χ0n) is 7.56. The van der Waals surface area contributed by atoms with Crippen molar-refractivity contribution in [3.05, 3.63) is 10.6 Å². The van der Waals surface area contributed by atoms with Crippen molar-refractivity contribution in [1.29, 1.82) is 0 Å². The summed E-state index contributed by atoms with van der Waals surface area (Å²) in [5.41, 5.74) is 0.651. The number of amides is 1. The largest absolute Gasteiger partial charge is 0.383 e. The molecule has 0 fully saturated rings. The second-order valence-corrected chi connectivity index (χ2v) is 3.08. The summed E-state index contributed by atoms with van der Waals surface area (Å²) in [6.07, 6.45) is 0. The Bertz CT molecular complexity index is 180. The molecule has 0 aliphatic carbocycles. The molecule has 4 heteroatoms. The molecule has 0 rings (SSSR count). The van der Waals surface area contributed by atoms with Crippen molar-refractivity contribution in [1.82, 2.24) is 5.32 Å². The molecule has 12 heavy (non-hydrogen) atoms. The van der Waals surface area contributed by atoms with Crippen LogP contribution in [0.2, 0.25) is 0 Å². The van der Waals surface area contributed by atoms with Gasteiger partial charge in [-0.1, -0.05) is 15.9 Å². The molecule has 0 aromatic carbocycles. The molecule has 70 valence electrons. The van der Waals surface area contributed by atoms with Crippen LogP contribution in [-0.4, -0.2) is 25.7 Å². The van der Waals surface area contributed by atoms with Crippen molar-refractivity contribution >= 4 is 21.8 Å². The Morgan fingerprint density at radius 2 is 2.33 bits per heavy atom. The lowest BCUT2D eigenvalue weighted by molar-refractivity contribution is -0.118. The molecule has 0 heterocycles. The highest BCUT2D eigenvalue weighted by Crippen LogP contribution is 1.97. The number of carbonyl (C=O) groups is 1. The average Bonchev–Trinajstić information content (AvgIpc) is 2.03. The number of rotatable bonds is 4. The van der Waals surface area contributed by atoms with E-state index in [-0.39, 0.29) is 11.9 Å². The fourth-order valence-electron chi connectivity index (χ4n) is 0.679. The molecule has 1 atom stereocenters. The molecule has 0 aliphatic heterocycles. The van der Waals surface area contributed by atoms with Crippen molar-refractivity contribution < 1.29 is 9.53 Å². The lowest BCUT2D eigenvalue weighted by Crippen LogP contribution is -2.35. The number of nitrogens with one attached hydrogen (secondary N) is 1. The van der Waals surface area contributed by atoms with E-state index in [9.17, 15) is 4.79 Å². The minimum absolute atomic E-state index is 0.0462. The summed E-state index contributed by atoms with van der Waals surface area (Å²) in [5, 5.41) is 2.77. The van der Waals surface area contributed by atoms with Crippen LogP contribution in [0.25, 0.3) is 0 Å². The van der Waals surface area contributed by atoms with Crippen molar-refractivity contribution in [3.63, 3.8) is 0 Å². The van der Waals surface area contributed by atoms with Gasteiger partial charge in [-0.2, -0.15) is 0 Å². The van der Waals surface area contributed by atoms with Gasteiger partial charge in [0.25, 0.3) is 0 Å². The summed E-state index contributed by atoms with van der Waals surface area (Å²) in [4.78, 5) is 12.8. The first-order valence-corrected chi connectivity index (χ1v) is 4.60. The molecule has 1 amide bonds. The number of hydrogen-bond acceptors (Lipinski definition) is 2. The maximum atomic E-state index is 11.2. The molecule has 1 N–H and O–H groups in total. The lowest BCUT2D eigenvalue weighted by Gasteiger charge is -2.12.